The molecule has 0 aliphatic heterocycles. The first kappa shape index (κ1) is 14.1. The molecule has 0 aromatic rings. The van der Waals surface area contributed by atoms with Gasteiger partial charge in [-0.25, -0.2) is 0 Å². The van der Waals surface area contributed by atoms with Gasteiger partial charge in [0.15, 0.2) is 0 Å². The van der Waals surface area contributed by atoms with Crippen molar-refractivity contribution >= 4 is 0 Å². The second kappa shape index (κ2) is 13.1. The lowest BCUT2D eigenvalue weighted by Gasteiger charge is -1.96. The lowest BCUT2D eigenvalue weighted by molar-refractivity contribution is 0.614. The molecule has 0 unspecified atom stereocenters. The fourth-order valence-corrected chi connectivity index (χ4v) is 1.33. The molecule has 0 saturated heterocycles. The highest BCUT2D eigenvalue weighted by molar-refractivity contribution is 5.25. The summed E-state index contributed by atoms with van der Waals surface area (Å²) < 4.78 is 0. The van der Waals surface area contributed by atoms with Gasteiger partial charge in [0.1, 0.15) is 0 Å². The van der Waals surface area contributed by atoms with E-state index >= 15 is 0 Å². The van der Waals surface area contributed by atoms with Crippen LogP contribution in [0.25, 0.3) is 0 Å². The van der Waals surface area contributed by atoms with E-state index in [9.17, 15) is 0 Å². The lowest BCUT2D eigenvalue weighted by Crippen LogP contribution is -1.77. The van der Waals surface area contributed by atoms with Gasteiger partial charge >= 0.3 is 0 Å². The summed E-state index contributed by atoms with van der Waals surface area (Å²) in [5.41, 5.74) is 0. The van der Waals surface area contributed by atoms with Crippen molar-refractivity contribution in [1.29, 1.82) is 0 Å². The first-order valence-corrected chi connectivity index (χ1v) is 6.37. The van der Waals surface area contributed by atoms with Crippen LogP contribution in [0.4, 0.5) is 0 Å². The summed E-state index contributed by atoms with van der Waals surface area (Å²) in [4.78, 5) is 0. The average molecular weight is 204 g/mol. The third-order valence-electron chi connectivity index (χ3n) is 2.27. The van der Waals surface area contributed by atoms with Crippen molar-refractivity contribution in [3.05, 3.63) is 0 Å². The molecule has 0 saturated carbocycles. The Kier molecular flexibility index (Phi) is 12.4. The zero-order valence-corrected chi connectivity index (χ0v) is 10.4. The molecule has 0 bridgehead atoms. The molecular formula is C15H24. The summed E-state index contributed by atoms with van der Waals surface area (Å²) in [7, 11) is 0. The number of hydrogen-bond donors (Lipinski definition) is 0. The van der Waals surface area contributed by atoms with Crippen LogP contribution in [0, 0.1) is 23.7 Å². The molecule has 0 heteroatoms. The van der Waals surface area contributed by atoms with Crippen molar-refractivity contribution < 1.29 is 0 Å². The molecule has 0 nitrogen and oxygen atoms in total. The fraction of sp³-hybridized carbons (Fsp3) is 0.733. The van der Waals surface area contributed by atoms with E-state index in [1.165, 1.54) is 38.5 Å². The summed E-state index contributed by atoms with van der Waals surface area (Å²) in [5, 5.41) is 0. The molecule has 0 aromatic heterocycles. The molecule has 0 fully saturated rings. The standard InChI is InChI=1S/C15H24/c1-3-5-7-9-11-13-15-14-12-10-8-6-4-2/h3-7,9,11,13,15H2,1-2H3. The van der Waals surface area contributed by atoms with Crippen molar-refractivity contribution in [2.24, 2.45) is 0 Å². The molecule has 0 N–H and O–H groups in total. The van der Waals surface area contributed by atoms with Crippen molar-refractivity contribution in [3.63, 3.8) is 0 Å². The molecule has 0 atom stereocenters. The topological polar surface area (TPSA) is 0 Å². The summed E-state index contributed by atoms with van der Waals surface area (Å²) in [6, 6.07) is 0. The molecule has 0 aliphatic rings. The summed E-state index contributed by atoms with van der Waals surface area (Å²) in [6.07, 6.45) is 11.2. The minimum atomic E-state index is 0.978. The average Bonchev–Trinajstić information content (AvgIpc) is 2.26. The van der Waals surface area contributed by atoms with Crippen molar-refractivity contribution in [3.8, 4) is 23.7 Å². The molecule has 0 aromatic carbocycles. The second-order valence-corrected chi connectivity index (χ2v) is 3.87. The van der Waals surface area contributed by atoms with Crippen LogP contribution in [0.15, 0.2) is 0 Å². The monoisotopic (exact) mass is 204 g/mol. The third-order valence-corrected chi connectivity index (χ3v) is 2.27. The van der Waals surface area contributed by atoms with Crippen LogP contribution in [0.1, 0.15) is 71.6 Å². The molecule has 0 heterocycles. The van der Waals surface area contributed by atoms with Gasteiger partial charge in [-0.1, -0.05) is 57.8 Å². The first-order chi connectivity index (χ1) is 7.41. The summed E-state index contributed by atoms with van der Waals surface area (Å²) in [6.45, 7) is 4.39. The molecule has 0 spiro atoms. The van der Waals surface area contributed by atoms with Crippen LogP contribution in [0.5, 0.6) is 0 Å². The number of hydrogen-bond acceptors (Lipinski definition) is 0. The highest BCUT2D eigenvalue weighted by Gasteiger charge is 1.87. The highest BCUT2D eigenvalue weighted by atomic mass is 13.9. The molecule has 0 aliphatic carbocycles. The van der Waals surface area contributed by atoms with E-state index in [0.29, 0.717) is 0 Å². The quantitative estimate of drug-likeness (QED) is 0.422. The van der Waals surface area contributed by atoms with Gasteiger partial charge in [0.05, 0.1) is 0 Å². The van der Waals surface area contributed by atoms with Crippen molar-refractivity contribution in [2.75, 3.05) is 0 Å². The Morgan fingerprint density at radius 3 is 1.87 bits per heavy atom. The Labute approximate surface area is 95.8 Å². The molecule has 0 amide bonds. The van der Waals surface area contributed by atoms with Crippen LogP contribution in [-0.4, -0.2) is 0 Å². The molecule has 15 heavy (non-hydrogen) atoms. The summed E-state index contributed by atoms with van der Waals surface area (Å²) in [5.74, 6) is 11.9. The fourth-order valence-electron chi connectivity index (χ4n) is 1.33. The van der Waals surface area contributed by atoms with E-state index < -0.39 is 0 Å². The van der Waals surface area contributed by atoms with Gasteiger partial charge < -0.3 is 0 Å². The van der Waals surface area contributed by atoms with Gasteiger partial charge in [0, 0.05) is 12.8 Å². The second-order valence-electron chi connectivity index (χ2n) is 3.87. The van der Waals surface area contributed by atoms with Gasteiger partial charge in [-0.2, -0.15) is 0 Å². The smallest absolute Gasteiger partial charge is 0.00989 e. The number of unbranched alkanes of at least 4 members (excludes halogenated alkanes) is 7. The Morgan fingerprint density at radius 1 is 0.600 bits per heavy atom. The molecule has 84 valence electrons. The zero-order chi connectivity index (χ0) is 11.2. The Bertz CT molecular complexity index is 228. The Morgan fingerprint density at radius 2 is 1.20 bits per heavy atom. The van der Waals surface area contributed by atoms with Crippen LogP contribution in [0.2, 0.25) is 0 Å². The summed E-state index contributed by atoms with van der Waals surface area (Å²) >= 11 is 0. The van der Waals surface area contributed by atoms with Gasteiger partial charge in [0.2, 0.25) is 0 Å². The Balaban J connectivity index is 3.20. The van der Waals surface area contributed by atoms with Gasteiger partial charge in [0.25, 0.3) is 0 Å². The van der Waals surface area contributed by atoms with E-state index in [1.54, 1.807) is 0 Å². The van der Waals surface area contributed by atoms with Gasteiger partial charge in [-0.05, 0) is 24.7 Å². The van der Waals surface area contributed by atoms with Crippen LogP contribution >= 0.6 is 0 Å². The highest BCUT2D eigenvalue weighted by Crippen LogP contribution is 2.05. The maximum absolute atomic E-state index is 3.11. The van der Waals surface area contributed by atoms with Crippen LogP contribution in [0.3, 0.4) is 0 Å². The maximum Gasteiger partial charge on any atom is 0.00989 e. The first-order valence-electron chi connectivity index (χ1n) is 6.37. The van der Waals surface area contributed by atoms with Gasteiger partial charge in [-0.3, -0.25) is 0 Å². The van der Waals surface area contributed by atoms with Crippen LogP contribution in [-0.2, 0) is 0 Å². The minimum absolute atomic E-state index is 0.978. The minimum Gasteiger partial charge on any atom is -0.0891 e. The normalized spacial score (nSPS) is 8.67. The Hall–Kier alpha value is -0.880. The lowest BCUT2D eigenvalue weighted by atomic mass is 10.1. The molecule has 0 radical (unpaired) electrons. The van der Waals surface area contributed by atoms with Crippen molar-refractivity contribution in [1.82, 2.24) is 0 Å². The van der Waals surface area contributed by atoms with Gasteiger partial charge in [-0.15, -0.1) is 0 Å². The van der Waals surface area contributed by atoms with Crippen LogP contribution < -0.4 is 0 Å². The van der Waals surface area contributed by atoms with E-state index in [-0.39, 0.29) is 0 Å². The predicted octanol–water partition coefficient (Wildman–Crippen LogP) is 4.54. The SMILES string of the molecule is CCCC#CC#CCCCCCCCC. The number of rotatable bonds is 7. The predicted molar refractivity (Wildman–Crippen MR) is 68.5 cm³/mol. The molecule has 0 rings (SSSR count). The van der Waals surface area contributed by atoms with Crippen molar-refractivity contribution in [2.45, 2.75) is 71.6 Å². The van der Waals surface area contributed by atoms with E-state index in [2.05, 4.69) is 37.5 Å². The van der Waals surface area contributed by atoms with E-state index in [0.717, 1.165) is 19.3 Å². The molecular weight excluding hydrogens is 180 g/mol. The zero-order valence-electron chi connectivity index (χ0n) is 10.4. The van der Waals surface area contributed by atoms with E-state index in [1.807, 2.05) is 0 Å². The largest absolute Gasteiger partial charge is 0.0891 e. The van der Waals surface area contributed by atoms with E-state index in [4.69, 9.17) is 0 Å². The maximum atomic E-state index is 3.11. The third kappa shape index (κ3) is 13.1.